The summed E-state index contributed by atoms with van der Waals surface area (Å²) in [6.45, 7) is 18.6. The SMILES string of the molecule is C#C.CC.CC.CC(C)=N.CCn1nccc1C(=O)NC(c1cnc(C)[nH]1)C1CCC(C)(CF)CC1.O=C1CCCCN1. The van der Waals surface area contributed by atoms with Gasteiger partial charge in [0.1, 0.15) is 11.5 Å². The molecule has 0 aromatic carbocycles. The molecule has 2 fully saturated rings. The average Bonchev–Trinajstić information content (AvgIpc) is 3.69. The number of aromatic amines is 1. The molecule has 1 unspecified atom stereocenters. The molecule has 1 saturated carbocycles. The number of nitrogens with one attached hydrogen (secondary N) is 4. The monoisotopic (exact) mass is 603 g/mol. The lowest BCUT2D eigenvalue weighted by molar-refractivity contribution is -0.122. The molecule has 2 aromatic rings. The Bertz CT molecular complexity index is 1040. The zero-order valence-electron chi connectivity index (χ0n) is 28.1. The Balaban J connectivity index is 0. The number of terminal acetylenes is 1. The minimum absolute atomic E-state index is 0.138. The van der Waals surface area contributed by atoms with Crippen LogP contribution in [0, 0.1) is 36.5 Å². The number of carbonyl (C=O) groups excluding carboxylic acids is 2. The third-order valence-corrected chi connectivity index (χ3v) is 6.78. The number of rotatable bonds is 6. The zero-order valence-corrected chi connectivity index (χ0v) is 28.1. The molecule has 1 saturated heterocycles. The highest BCUT2D eigenvalue weighted by Gasteiger charge is 2.36. The van der Waals surface area contributed by atoms with Crippen LogP contribution in [0.5, 0.6) is 0 Å². The van der Waals surface area contributed by atoms with Crippen LogP contribution in [0.25, 0.3) is 0 Å². The first-order chi connectivity index (χ1) is 20.6. The highest BCUT2D eigenvalue weighted by Crippen LogP contribution is 2.43. The molecule has 4 N–H and O–H groups in total. The van der Waals surface area contributed by atoms with Gasteiger partial charge >= 0.3 is 0 Å². The molecule has 0 radical (unpaired) electrons. The first-order valence-corrected chi connectivity index (χ1v) is 15.6. The summed E-state index contributed by atoms with van der Waals surface area (Å²) < 4.78 is 15.0. The van der Waals surface area contributed by atoms with Crippen LogP contribution in [-0.2, 0) is 11.3 Å². The van der Waals surface area contributed by atoms with E-state index in [9.17, 15) is 14.0 Å². The van der Waals surface area contributed by atoms with E-state index in [1.807, 2.05) is 48.5 Å². The highest BCUT2D eigenvalue weighted by atomic mass is 19.1. The predicted molar refractivity (Wildman–Crippen MR) is 176 cm³/mol. The number of carbonyl (C=O) groups is 2. The molecule has 1 aliphatic heterocycles. The van der Waals surface area contributed by atoms with Crippen molar-refractivity contribution >= 4 is 17.5 Å². The van der Waals surface area contributed by atoms with Gasteiger partial charge in [0.25, 0.3) is 5.91 Å². The number of imidazole rings is 1. The van der Waals surface area contributed by atoms with Crippen LogP contribution in [0.15, 0.2) is 18.5 Å². The molecule has 244 valence electrons. The molecule has 2 aromatic heterocycles. The summed E-state index contributed by atoms with van der Waals surface area (Å²) in [6.07, 6.45) is 17.8. The van der Waals surface area contributed by atoms with Gasteiger partial charge in [-0.2, -0.15) is 5.10 Å². The van der Waals surface area contributed by atoms with Crippen molar-refractivity contribution in [3.63, 3.8) is 0 Å². The molecule has 4 rings (SSSR count). The van der Waals surface area contributed by atoms with Gasteiger partial charge in [0.2, 0.25) is 5.91 Å². The summed E-state index contributed by atoms with van der Waals surface area (Å²) in [5.41, 5.74) is 1.90. The van der Waals surface area contributed by atoms with Gasteiger partial charge in [0.15, 0.2) is 0 Å². The number of amides is 2. The van der Waals surface area contributed by atoms with Crippen molar-refractivity contribution in [2.24, 2.45) is 11.3 Å². The lowest BCUT2D eigenvalue weighted by Crippen LogP contribution is -2.38. The van der Waals surface area contributed by atoms with Crippen molar-refractivity contribution in [1.29, 1.82) is 5.41 Å². The standard InChI is InChI=1S/C19H28FN5O.C5H9NO.C3H7N.2C2H6.C2H2/c1-4-25-16(7-10-22-25)18(26)24-17(15-11-21-13(2)23-15)14-5-8-19(3,12-20)9-6-14;7-5-3-1-2-4-6-5;1-3(2)4;3*1-2/h7,10-11,14,17H,4-6,8-9,12H2,1-3H3,(H,21,23)(H,24,26);1-4H2,(H,6,7);4H,1-2H3;2*1-2H3;1-2H. The number of H-pyrrole nitrogens is 1. The first-order valence-electron chi connectivity index (χ1n) is 15.6. The van der Waals surface area contributed by atoms with Crippen LogP contribution in [0.3, 0.4) is 0 Å². The summed E-state index contributed by atoms with van der Waals surface area (Å²) in [6, 6.07) is 1.57. The summed E-state index contributed by atoms with van der Waals surface area (Å²) >= 11 is 0. The predicted octanol–water partition coefficient (Wildman–Crippen LogP) is 7.21. The number of aryl methyl sites for hydroxylation is 2. The Hall–Kier alpha value is -3.48. The third-order valence-electron chi connectivity index (χ3n) is 6.78. The zero-order chi connectivity index (χ0) is 33.4. The highest BCUT2D eigenvalue weighted by molar-refractivity contribution is 5.92. The summed E-state index contributed by atoms with van der Waals surface area (Å²) in [4.78, 5) is 30.7. The molecule has 0 spiro atoms. The number of hydrogen-bond acceptors (Lipinski definition) is 5. The van der Waals surface area contributed by atoms with Gasteiger partial charge in [-0.25, -0.2) is 4.98 Å². The Kier molecular flexibility index (Phi) is 23.3. The lowest BCUT2D eigenvalue weighted by Gasteiger charge is -2.38. The number of hydrogen-bond donors (Lipinski definition) is 4. The minimum atomic E-state index is -0.282. The van der Waals surface area contributed by atoms with Gasteiger partial charge in [-0.1, -0.05) is 34.6 Å². The summed E-state index contributed by atoms with van der Waals surface area (Å²) in [5, 5.41) is 16.6. The average molecular weight is 604 g/mol. The van der Waals surface area contributed by atoms with E-state index in [4.69, 9.17) is 5.41 Å². The van der Waals surface area contributed by atoms with Crippen molar-refractivity contribution in [1.82, 2.24) is 30.4 Å². The van der Waals surface area contributed by atoms with Crippen molar-refractivity contribution in [2.75, 3.05) is 13.2 Å². The number of alkyl halides is 1. The Morgan fingerprint density at radius 1 is 1.21 bits per heavy atom. The van der Waals surface area contributed by atoms with Crippen LogP contribution < -0.4 is 10.6 Å². The largest absolute Gasteiger partial charge is 0.356 e. The van der Waals surface area contributed by atoms with Crippen molar-refractivity contribution in [3.05, 3.63) is 35.7 Å². The molecule has 2 aliphatic rings. The molecule has 3 heterocycles. The number of aromatic nitrogens is 4. The van der Waals surface area contributed by atoms with E-state index in [1.165, 1.54) is 0 Å². The topological polar surface area (TPSA) is 129 Å². The fraction of sp³-hybridized carbons (Fsp3) is 0.667. The normalized spacial score (nSPS) is 19.2. The fourth-order valence-corrected chi connectivity index (χ4v) is 4.57. The maximum atomic E-state index is 13.3. The smallest absolute Gasteiger partial charge is 0.270 e. The second-order valence-corrected chi connectivity index (χ2v) is 10.5. The molecule has 1 aliphatic carbocycles. The van der Waals surface area contributed by atoms with Crippen LogP contribution >= 0.6 is 0 Å². The second-order valence-electron chi connectivity index (χ2n) is 10.5. The van der Waals surface area contributed by atoms with Gasteiger partial charge in [0, 0.05) is 31.4 Å². The maximum absolute atomic E-state index is 13.3. The molecule has 2 amide bonds. The van der Waals surface area contributed by atoms with Crippen molar-refractivity contribution in [2.45, 2.75) is 120 Å². The lowest BCUT2D eigenvalue weighted by atomic mass is 9.70. The van der Waals surface area contributed by atoms with Crippen LogP contribution in [0.1, 0.15) is 128 Å². The van der Waals surface area contributed by atoms with E-state index in [-0.39, 0.29) is 35.9 Å². The van der Waals surface area contributed by atoms with Crippen LogP contribution in [-0.4, -0.2) is 50.5 Å². The summed E-state index contributed by atoms with van der Waals surface area (Å²) in [5.74, 6) is 1.16. The number of nitrogens with zero attached hydrogens (tertiary/aromatic N) is 3. The summed E-state index contributed by atoms with van der Waals surface area (Å²) in [7, 11) is 0. The Morgan fingerprint density at radius 2 is 1.79 bits per heavy atom. The van der Waals surface area contributed by atoms with Crippen LogP contribution in [0.2, 0.25) is 0 Å². The number of halogens is 1. The Labute approximate surface area is 260 Å². The molecule has 9 nitrogen and oxygen atoms in total. The second kappa shape index (κ2) is 24.0. The molecule has 1 atom stereocenters. The van der Waals surface area contributed by atoms with Gasteiger partial charge in [-0.15, -0.1) is 12.8 Å². The van der Waals surface area contributed by atoms with Gasteiger partial charge in [-0.05, 0) is 83.6 Å². The quantitative estimate of drug-likeness (QED) is 0.205. The first kappa shape index (κ1) is 41.7. The van der Waals surface area contributed by atoms with Crippen LogP contribution in [0.4, 0.5) is 4.39 Å². The van der Waals surface area contributed by atoms with E-state index in [1.54, 1.807) is 37.0 Å². The maximum Gasteiger partial charge on any atom is 0.270 e. The number of piperidine rings is 1. The van der Waals surface area contributed by atoms with E-state index in [0.29, 0.717) is 18.0 Å². The minimum Gasteiger partial charge on any atom is -0.356 e. The van der Waals surface area contributed by atoms with Crippen molar-refractivity contribution < 1.29 is 14.0 Å². The van der Waals surface area contributed by atoms with Crippen molar-refractivity contribution in [3.8, 4) is 12.8 Å². The molecular formula is C33H58FN7O2. The van der Waals surface area contributed by atoms with E-state index >= 15 is 0 Å². The van der Waals surface area contributed by atoms with E-state index < -0.39 is 0 Å². The van der Waals surface area contributed by atoms with Gasteiger partial charge in [0.05, 0.1) is 24.6 Å². The van der Waals surface area contributed by atoms with Gasteiger partial charge in [-0.3, -0.25) is 18.7 Å². The molecular weight excluding hydrogens is 545 g/mol. The molecule has 0 bridgehead atoms. The molecule has 43 heavy (non-hydrogen) atoms. The van der Waals surface area contributed by atoms with Gasteiger partial charge < -0.3 is 21.0 Å². The fourth-order valence-electron chi connectivity index (χ4n) is 4.57. The van der Waals surface area contributed by atoms with E-state index in [2.05, 4.69) is 38.5 Å². The Morgan fingerprint density at radius 3 is 2.19 bits per heavy atom. The van der Waals surface area contributed by atoms with E-state index in [0.717, 1.165) is 63.0 Å². The third kappa shape index (κ3) is 16.1. The molecule has 10 heteroatoms.